The summed E-state index contributed by atoms with van der Waals surface area (Å²) in [5.41, 5.74) is 2.02. The summed E-state index contributed by atoms with van der Waals surface area (Å²) in [5, 5.41) is 14.5. The largest absolute Gasteiger partial charge is 0.348 e. The normalized spacial score (nSPS) is 10.3. The lowest BCUT2D eigenvalue weighted by Gasteiger charge is -2.07. The van der Waals surface area contributed by atoms with Gasteiger partial charge in [0, 0.05) is 30.2 Å². The predicted molar refractivity (Wildman–Crippen MR) is 99.1 cm³/mol. The average Bonchev–Trinajstić information content (AvgIpc) is 3.17. The molecule has 0 unspecified atom stereocenters. The number of hydrogen-bond donors (Lipinski definition) is 2. The number of nitrogens with one attached hydrogen (secondary N) is 2. The smallest absolute Gasteiger partial charge is 0.286 e. The summed E-state index contributed by atoms with van der Waals surface area (Å²) in [5.74, 6) is -0.501. The third-order valence-electron chi connectivity index (χ3n) is 3.54. The van der Waals surface area contributed by atoms with Crippen LogP contribution in [0.4, 0.5) is 5.69 Å². The molecule has 0 saturated carbocycles. The van der Waals surface area contributed by atoms with Crippen LogP contribution in [0.15, 0.2) is 48.8 Å². The molecule has 3 aromatic rings. The number of benzene rings is 1. The van der Waals surface area contributed by atoms with Crippen molar-refractivity contribution < 1.29 is 9.59 Å². The predicted octanol–water partition coefficient (Wildman–Crippen LogP) is 2.68. The molecule has 0 radical (unpaired) electrons. The van der Waals surface area contributed by atoms with Crippen molar-refractivity contribution in [3.05, 3.63) is 69.9 Å². The van der Waals surface area contributed by atoms with Crippen molar-refractivity contribution in [2.24, 2.45) is 0 Å². The van der Waals surface area contributed by atoms with E-state index in [4.69, 9.17) is 0 Å². The Morgan fingerprint density at radius 3 is 2.54 bits per heavy atom. The lowest BCUT2D eigenvalue weighted by molar-refractivity contribution is 0.0950. The topological polar surface area (TPSA) is 96.9 Å². The van der Waals surface area contributed by atoms with Crippen molar-refractivity contribution in [1.82, 2.24) is 20.5 Å². The second kappa shape index (κ2) is 8.30. The fraction of sp³-hybridized carbons (Fsp3) is 0.167. The first-order chi connectivity index (χ1) is 12.7. The Morgan fingerprint density at radius 2 is 1.88 bits per heavy atom. The summed E-state index contributed by atoms with van der Waals surface area (Å²) in [6.07, 6.45) is 4.13. The summed E-state index contributed by atoms with van der Waals surface area (Å²) >= 11 is 1.27. The first kappa shape index (κ1) is 17.7. The fourth-order valence-corrected chi connectivity index (χ4v) is 2.84. The standard InChI is InChI=1S/C18H17N5O2S/c1-2-15-22-23-18(26-15)17(25)21-14-7-5-13(6-8-14)16(24)20-11-12-4-3-9-19-10-12/h3-10H,2,11H2,1H3,(H,20,24)(H,21,25). The van der Waals surface area contributed by atoms with Crippen LogP contribution < -0.4 is 10.6 Å². The van der Waals surface area contributed by atoms with Crippen LogP contribution >= 0.6 is 11.3 Å². The van der Waals surface area contributed by atoms with Crippen LogP contribution in [-0.2, 0) is 13.0 Å². The molecule has 7 nitrogen and oxygen atoms in total. The summed E-state index contributed by atoms with van der Waals surface area (Å²) in [6, 6.07) is 10.4. The van der Waals surface area contributed by atoms with Crippen LogP contribution in [-0.4, -0.2) is 27.0 Å². The number of aromatic nitrogens is 3. The van der Waals surface area contributed by atoms with Crippen molar-refractivity contribution in [2.45, 2.75) is 19.9 Å². The first-order valence-electron chi connectivity index (χ1n) is 8.06. The molecule has 0 saturated heterocycles. The van der Waals surface area contributed by atoms with E-state index in [1.807, 2.05) is 19.1 Å². The lowest BCUT2D eigenvalue weighted by Crippen LogP contribution is -2.22. The minimum atomic E-state index is -0.309. The zero-order valence-electron chi connectivity index (χ0n) is 14.1. The summed E-state index contributed by atoms with van der Waals surface area (Å²) in [4.78, 5) is 28.3. The highest BCUT2D eigenvalue weighted by Crippen LogP contribution is 2.14. The lowest BCUT2D eigenvalue weighted by atomic mass is 10.2. The van der Waals surface area contributed by atoms with E-state index in [9.17, 15) is 9.59 Å². The Hall–Kier alpha value is -3.13. The highest BCUT2D eigenvalue weighted by atomic mass is 32.1. The number of anilines is 1. The number of hydrogen-bond acceptors (Lipinski definition) is 6. The third kappa shape index (κ3) is 4.48. The van der Waals surface area contributed by atoms with Gasteiger partial charge in [-0.25, -0.2) is 0 Å². The number of amides is 2. The summed E-state index contributed by atoms with van der Waals surface area (Å²) < 4.78 is 0. The van der Waals surface area contributed by atoms with Gasteiger partial charge in [0.25, 0.3) is 11.8 Å². The number of pyridine rings is 1. The maximum absolute atomic E-state index is 12.2. The first-order valence-corrected chi connectivity index (χ1v) is 8.88. The minimum absolute atomic E-state index is 0.191. The molecule has 0 aliphatic heterocycles. The Labute approximate surface area is 154 Å². The highest BCUT2D eigenvalue weighted by molar-refractivity contribution is 7.13. The van der Waals surface area contributed by atoms with Gasteiger partial charge in [-0.05, 0) is 42.3 Å². The zero-order valence-corrected chi connectivity index (χ0v) is 14.9. The van der Waals surface area contributed by atoms with Gasteiger partial charge in [0.1, 0.15) is 5.01 Å². The van der Waals surface area contributed by atoms with Gasteiger partial charge in [-0.2, -0.15) is 0 Å². The molecule has 0 bridgehead atoms. The van der Waals surface area contributed by atoms with Gasteiger partial charge in [-0.1, -0.05) is 24.3 Å². The van der Waals surface area contributed by atoms with E-state index in [-0.39, 0.29) is 11.8 Å². The van der Waals surface area contributed by atoms with E-state index in [0.29, 0.717) is 22.8 Å². The van der Waals surface area contributed by atoms with Gasteiger partial charge in [-0.15, -0.1) is 10.2 Å². The van der Waals surface area contributed by atoms with E-state index >= 15 is 0 Å². The number of carbonyl (C=O) groups is 2. The van der Waals surface area contributed by atoms with Crippen LogP contribution in [0.2, 0.25) is 0 Å². The Morgan fingerprint density at radius 1 is 1.08 bits per heavy atom. The second-order valence-corrected chi connectivity index (χ2v) is 6.49. The molecule has 0 atom stereocenters. The van der Waals surface area contributed by atoms with Crippen LogP contribution in [0.5, 0.6) is 0 Å². The second-order valence-electron chi connectivity index (χ2n) is 5.43. The molecule has 0 aliphatic rings. The third-order valence-corrected chi connectivity index (χ3v) is 4.61. The minimum Gasteiger partial charge on any atom is -0.348 e. The quantitative estimate of drug-likeness (QED) is 0.698. The molecule has 2 aromatic heterocycles. The molecular weight excluding hydrogens is 350 g/mol. The SMILES string of the molecule is CCc1nnc(C(=O)Nc2ccc(C(=O)NCc3cccnc3)cc2)s1. The molecule has 8 heteroatoms. The van der Waals surface area contributed by atoms with Crippen molar-refractivity contribution in [1.29, 1.82) is 0 Å². The summed E-state index contributed by atoms with van der Waals surface area (Å²) in [6.45, 7) is 2.36. The van der Waals surface area contributed by atoms with Crippen LogP contribution in [0.3, 0.4) is 0 Å². The molecule has 2 N–H and O–H groups in total. The van der Waals surface area contributed by atoms with Crippen molar-refractivity contribution in [3.8, 4) is 0 Å². The van der Waals surface area contributed by atoms with E-state index < -0.39 is 0 Å². The molecular formula is C18H17N5O2S. The Kier molecular flexibility index (Phi) is 5.65. The molecule has 2 heterocycles. The number of nitrogens with zero attached hydrogens (tertiary/aromatic N) is 3. The summed E-state index contributed by atoms with van der Waals surface area (Å²) in [7, 11) is 0. The Balaban J connectivity index is 1.57. The molecule has 1 aromatic carbocycles. The van der Waals surface area contributed by atoms with E-state index in [2.05, 4.69) is 25.8 Å². The van der Waals surface area contributed by atoms with Gasteiger partial charge in [0.2, 0.25) is 5.01 Å². The molecule has 0 spiro atoms. The Bertz CT molecular complexity index is 893. The maximum Gasteiger partial charge on any atom is 0.286 e. The van der Waals surface area contributed by atoms with Crippen molar-refractivity contribution >= 4 is 28.8 Å². The molecule has 132 valence electrons. The van der Waals surface area contributed by atoms with Crippen LogP contribution in [0, 0.1) is 0 Å². The van der Waals surface area contributed by atoms with Crippen molar-refractivity contribution in [3.63, 3.8) is 0 Å². The van der Waals surface area contributed by atoms with Gasteiger partial charge in [-0.3, -0.25) is 14.6 Å². The number of aryl methyl sites for hydroxylation is 1. The number of rotatable bonds is 6. The molecule has 2 amide bonds. The van der Waals surface area contributed by atoms with Gasteiger partial charge >= 0.3 is 0 Å². The van der Waals surface area contributed by atoms with E-state index in [1.165, 1.54) is 11.3 Å². The number of carbonyl (C=O) groups excluding carboxylic acids is 2. The molecule has 0 aliphatic carbocycles. The van der Waals surface area contributed by atoms with Gasteiger partial charge in [0.15, 0.2) is 0 Å². The van der Waals surface area contributed by atoms with Crippen LogP contribution in [0.1, 0.15) is 37.7 Å². The van der Waals surface area contributed by atoms with Gasteiger partial charge < -0.3 is 10.6 Å². The fourth-order valence-electron chi connectivity index (χ4n) is 2.16. The van der Waals surface area contributed by atoms with E-state index in [0.717, 1.165) is 17.0 Å². The average molecular weight is 367 g/mol. The van der Waals surface area contributed by atoms with Crippen molar-refractivity contribution in [2.75, 3.05) is 5.32 Å². The molecule has 26 heavy (non-hydrogen) atoms. The maximum atomic E-state index is 12.2. The molecule has 3 rings (SSSR count). The van der Waals surface area contributed by atoms with Crippen LogP contribution in [0.25, 0.3) is 0 Å². The van der Waals surface area contributed by atoms with Gasteiger partial charge in [0.05, 0.1) is 0 Å². The highest BCUT2D eigenvalue weighted by Gasteiger charge is 2.13. The zero-order chi connectivity index (χ0) is 18.4. The van der Waals surface area contributed by atoms with E-state index in [1.54, 1.807) is 36.7 Å². The molecule has 0 fully saturated rings. The monoisotopic (exact) mass is 367 g/mol.